The van der Waals surface area contributed by atoms with Crippen LogP contribution in [0.1, 0.15) is 31.7 Å². The number of nitrogens with two attached hydrogens (primary N) is 1. The van der Waals surface area contributed by atoms with Gasteiger partial charge in [0.2, 0.25) is 0 Å². The van der Waals surface area contributed by atoms with Gasteiger partial charge >= 0.3 is 0 Å². The summed E-state index contributed by atoms with van der Waals surface area (Å²) < 4.78 is 5.45. The largest absolute Gasteiger partial charge is 0.494 e. The van der Waals surface area contributed by atoms with Crippen molar-refractivity contribution >= 4 is 0 Å². The van der Waals surface area contributed by atoms with Crippen molar-refractivity contribution in [3.05, 3.63) is 29.8 Å². The van der Waals surface area contributed by atoms with E-state index in [0.29, 0.717) is 0 Å². The van der Waals surface area contributed by atoms with Gasteiger partial charge in [0.15, 0.2) is 0 Å². The molecule has 1 saturated heterocycles. The van der Waals surface area contributed by atoms with E-state index in [1.807, 2.05) is 6.92 Å². The highest BCUT2D eigenvalue weighted by atomic mass is 16.5. The smallest absolute Gasteiger partial charge is 0.119 e. The molecule has 1 aromatic carbocycles. The number of piperidine rings is 1. The Bertz CT molecular complexity index is 314. The molecule has 0 bridgehead atoms. The summed E-state index contributed by atoms with van der Waals surface area (Å²) in [5, 5.41) is 2.44. The lowest BCUT2D eigenvalue weighted by Gasteiger charge is -2.20. The quantitative estimate of drug-likeness (QED) is 0.828. The van der Waals surface area contributed by atoms with Crippen LogP contribution in [-0.4, -0.2) is 19.7 Å². The van der Waals surface area contributed by atoms with Crippen LogP contribution in [0.15, 0.2) is 24.3 Å². The van der Waals surface area contributed by atoms with E-state index in [9.17, 15) is 0 Å². The molecule has 1 aliphatic heterocycles. The van der Waals surface area contributed by atoms with Gasteiger partial charge in [-0.2, -0.15) is 0 Å². The zero-order valence-corrected chi connectivity index (χ0v) is 10.8. The number of aryl methyl sites for hydroxylation is 1. The average molecular weight is 234 g/mol. The highest BCUT2D eigenvalue weighted by Gasteiger charge is 2.14. The minimum atomic E-state index is 0.748. The summed E-state index contributed by atoms with van der Waals surface area (Å²) in [7, 11) is 0. The van der Waals surface area contributed by atoms with E-state index in [1.165, 1.54) is 44.3 Å². The fraction of sp³-hybridized carbons (Fsp3) is 0.600. The molecule has 0 radical (unpaired) electrons. The summed E-state index contributed by atoms with van der Waals surface area (Å²) in [5.74, 6) is 1.94. The summed E-state index contributed by atoms with van der Waals surface area (Å²) in [4.78, 5) is 0. The Balaban J connectivity index is 1.77. The normalized spacial score (nSPS) is 17.0. The van der Waals surface area contributed by atoms with Crippen LogP contribution in [0.3, 0.4) is 0 Å². The summed E-state index contributed by atoms with van der Waals surface area (Å²) in [5.41, 5.74) is 1.45. The number of quaternary nitrogens is 1. The minimum absolute atomic E-state index is 0.748. The van der Waals surface area contributed by atoms with Gasteiger partial charge in [-0.3, -0.25) is 0 Å². The van der Waals surface area contributed by atoms with Crippen molar-refractivity contribution in [3.63, 3.8) is 0 Å². The molecule has 2 heteroatoms. The van der Waals surface area contributed by atoms with Crippen molar-refractivity contribution in [3.8, 4) is 5.75 Å². The Morgan fingerprint density at radius 1 is 1.18 bits per heavy atom. The average Bonchev–Trinajstić information content (AvgIpc) is 2.40. The molecule has 0 aliphatic carbocycles. The van der Waals surface area contributed by atoms with Gasteiger partial charge in [-0.25, -0.2) is 0 Å². The second-order valence-corrected chi connectivity index (χ2v) is 4.93. The molecule has 0 spiro atoms. The molecule has 1 aliphatic rings. The maximum Gasteiger partial charge on any atom is 0.119 e. The molecule has 0 aromatic heterocycles. The van der Waals surface area contributed by atoms with Crippen LogP contribution < -0.4 is 10.1 Å². The zero-order valence-electron chi connectivity index (χ0n) is 10.8. The van der Waals surface area contributed by atoms with E-state index >= 15 is 0 Å². The van der Waals surface area contributed by atoms with Gasteiger partial charge in [-0.15, -0.1) is 0 Å². The maximum absolute atomic E-state index is 5.45. The second-order valence-electron chi connectivity index (χ2n) is 4.93. The highest BCUT2D eigenvalue weighted by molar-refractivity contribution is 5.27. The first-order valence-corrected chi connectivity index (χ1v) is 6.92. The topological polar surface area (TPSA) is 25.8 Å². The molecule has 2 rings (SSSR count). The van der Waals surface area contributed by atoms with Gasteiger partial charge in [0.25, 0.3) is 0 Å². The van der Waals surface area contributed by atoms with Gasteiger partial charge < -0.3 is 10.1 Å². The van der Waals surface area contributed by atoms with E-state index in [2.05, 4.69) is 29.6 Å². The molecule has 1 heterocycles. The Kier molecular flexibility index (Phi) is 4.87. The SMILES string of the molecule is CCOc1ccc(CCC2CC[NH2+]CC2)cc1. The first-order valence-electron chi connectivity index (χ1n) is 6.92. The number of hydrogen-bond acceptors (Lipinski definition) is 1. The molecule has 0 unspecified atom stereocenters. The third-order valence-corrected chi connectivity index (χ3v) is 3.63. The standard InChI is InChI=1S/C15H23NO/c1-2-17-15-7-5-13(6-8-15)3-4-14-9-11-16-12-10-14/h5-8,14,16H,2-4,9-12H2,1H3/p+1. The van der Waals surface area contributed by atoms with Crippen molar-refractivity contribution in [2.24, 2.45) is 5.92 Å². The Morgan fingerprint density at radius 3 is 2.53 bits per heavy atom. The van der Waals surface area contributed by atoms with Crippen molar-refractivity contribution in [1.82, 2.24) is 0 Å². The van der Waals surface area contributed by atoms with Crippen molar-refractivity contribution in [2.75, 3.05) is 19.7 Å². The van der Waals surface area contributed by atoms with Gasteiger partial charge in [-0.05, 0) is 56.2 Å². The molecule has 2 nitrogen and oxygen atoms in total. The van der Waals surface area contributed by atoms with Crippen LogP contribution in [-0.2, 0) is 6.42 Å². The first-order chi connectivity index (χ1) is 8.38. The van der Waals surface area contributed by atoms with Crippen molar-refractivity contribution in [1.29, 1.82) is 0 Å². The Morgan fingerprint density at radius 2 is 1.88 bits per heavy atom. The van der Waals surface area contributed by atoms with Crippen LogP contribution in [0.4, 0.5) is 0 Å². The Labute approximate surface area is 104 Å². The molecule has 0 amide bonds. The minimum Gasteiger partial charge on any atom is -0.494 e. The monoisotopic (exact) mass is 234 g/mol. The molecule has 1 aromatic rings. The number of hydrogen-bond donors (Lipinski definition) is 1. The zero-order chi connectivity index (χ0) is 11.9. The molecule has 94 valence electrons. The molecule has 1 fully saturated rings. The van der Waals surface area contributed by atoms with Crippen LogP contribution in [0.25, 0.3) is 0 Å². The molecule has 17 heavy (non-hydrogen) atoms. The van der Waals surface area contributed by atoms with Gasteiger partial charge in [0.1, 0.15) is 5.75 Å². The third-order valence-electron chi connectivity index (χ3n) is 3.63. The lowest BCUT2D eigenvalue weighted by molar-refractivity contribution is -0.664. The van der Waals surface area contributed by atoms with Gasteiger partial charge in [0, 0.05) is 0 Å². The highest BCUT2D eigenvalue weighted by Crippen LogP contribution is 2.19. The van der Waals surface area contributed by atoms with Crippen molar-refractivity contribution in [2.45, 2.75) is 32.6 Å². The molecule has 0 saturated carbocycles. The number of rotatable bonds is 5. The molecular weight excluding hydrogens is 210 g/mol. The lowest BCUT2D eigenvalue weighted by Crippen LogP contribution is -2.86. The fourth-order valence-electron chi connectivity index (χ4n) is 2.57. The maximum atomic E-state index is 5.45. The predicted molar refractivity (Wildman–Crippen MR) is 70.3 cm³/mol. The van der Waals surface area contributed by atoms with Gasteiger partial charge in [-0.1, -0.05) is 12.1 Å². The van der Waals surface area contributed by atoms with Gasteiger partial charge in [0.05, 0.1) is 19.7 Å². The lowest BCUT2D eigenvalue weighted by atomic mass is 9.91. The van der Waals surface area contributed by atoms with E-state index in [1.54, 1.807) is 0 Å². The third kappa shape index (κ3) is 4.04. The van der Waals surface area contributed by atoms with E-state index in [-0.39, 0.29) is 0 Å². The van der Waals surface area contributed by atoms with Crippen molar-refractivity contribution < 1.29 is 10.1 Å². The van der Waals surface area contributed by atoms with E-state index in [4.69, 9.17) is 4.74 Å². The van der Waals surface area contributed by atoms with E-state index < -0.39 is 0 Å². The van der Waals surface area contributed by atoms with Crippen LogP contribution >= 0.6 is 0 Å². The number of benzene rings is 1. The molecular formula is C15H24NO+. The van der Waals surface area contributed by atoms with Crippen LogP contribution in [0.2, 0.25) is 0 Å². The predicted octanol–water partition coefficient (Wildman–Crippen LogP) is 1.99. The molecule has 2 N–H and O–H groups in total. The summed E-state index contributed by atoms with van der Waals surface area (Å²) in [6, 6.07) is 8.60. The van der Waals surface area contributed by atoms with E-state index in [0.717, 1.165) is 18.3 Å². The molecule has 0 atom stereocenters. The fourth-order valence-corrected chi connectivity index (χ4v) is 2.57. The summed E-state index contributed by atoms with van der Waals surface area (Å²) in [6.45, 7) is 5.42. The Hall–Kier alpha value is -1.02. The number of ether oxygens (including phenoxy) is 1. The first kappa shape index (κ1) is 12.4. The summed E-state index contributed by atoms with van der Waals surface area (Å²) in [6.07, 6.45) is 5.37. The summed E-state index contributed by atoms with van der Waals surface area (Å²) >= 11 is 0. The second kappa shape index (κ2) is 6.65. The van der Waals surface area contributed by atoms with Crippen LogP contribution in [0.5, 0.6) is 5.75 Å². The van der Waals surface area contributed by atoms with Crippen LogP contribution in [0, 0.1) is 5.92 Å².